The molecule has 3 aliphatic heterocycles. The Bertz CT molecular complexity index is 1540. The number of carbonyl (C=O) groups is 1. The first-order valence-corrected chi connectivity index (χ1v) is 15.8. The molecule has 1 aromatic heterocycles. The van der Waals surface area contributed by atoms with Crippen LogP contribution in [0.15, 0.2) is 48.9 Å². The molecule has 2 aromatic carbocycles. The summed E-state index contributed by atoms with van der Waals surface area (Å²) in [7, 11) is 0. The molecule has 0 atom stereocenters. The lowest BCUT2D eigenvalue weighted by Crippen LogP contribution is -2.65. The average molecular weight is 637 g/mol. The summed E-state index contributed by atoms with van der Waals surface area (Å²) in [6, 6.07) is 10.5. The van der Waals surface area contributed by atoms with Gasteiger partial charge in [0.2, 0.25) is 0 Å². The SMILES string of the molecule is CCN(C(=O)c1cc(F)ccc1Oc1cncnc1N1CC2(CC(Oc3cccc4c3CN(CC3CNC3)C4)C2)C1)C(C)C.Cl. The average Bonchev–Trinajstić information content (AvgIpc) is 3.37. The summed E-state index contributed by atoms with van der Waals surface area (Å²) in [5.74, 6) is 2.47. The maximum atomic E-state index is 14.3. The van der Waals surface area contributed by atoms with Crippen molar-refractivity contribution in [2.24, 2.45) is 11.3 Å². The van der Waals surface area contributed by atoms with Crippen molar-refractivity contribution in [1.29, 1.82) is 0 Å². The molecular weight excluding hydrogens is 595 g/mol. The first-order valence-electron chi connectivity index (χ1n) is 15.8. The lowest BCUT2D eigenvalue weighted by atomic mass is 9.61. The summed E-state index contributed by atoms with van der Waals surface area (Å²) in [5.41, 5.74) is 3.13. The van der Waals surface area contributed by atoms with Gasteiger partial charge < -0.3 is 24.6 Å². The fraction of sp³-hybridized carbons (Fsp3) is 0.500. The standard InChI is InChI=1S/C34H41FN6O3.ClH/c1-4-41(22(2)3)33(42)27-10-25(35)8-9-30(27)44-31-15-37-21-38-32(31)40-19-34(20-40)11-26(12-34)43-29-7-5-6-24-17-39(18-28(24)29)16-23-13-36-14-23;/h5-10,15,21-23,26,36H,4,11-14,16-20H2,1-3H3;1H. The first kappa shape index (κ1) is 31.5. The summed E-state index contributed by atoms with van der Waals surface area (Å²) in [5, 5.41) is 3.38. The van der Waals surface area contributed by atoms with E-state index in [4.69, 9.17) is 9.47 Å². The van der Waals surface area contributed by atoms with Gasteiger partial charge in [-0.15, -0.1) is 12.4 Å². The van der Waals surface area contributed by atoms with E-state index in [1.165, 1.54) is 35.7 Å². The summed E-state index contributed by atoms with van der Waals surface area (Å²) in [6.07, 6.45) is 5.34. The van der Waals surface area contributed by atoms with Crippen LogP contribution in [0.1, 0.15) is 55.1 Å². The van der Waals surface area contributed by atoms with E-state index in [1.54, 1.807) is 11.1 Å². The largest absolute Gasteiger partial charge is 0.490 e. The highest BCUT2D eigenvalue weighted by atomic mass is 35.5. The smallest absolute Gasteiger partial charge is 0.257 e. The molecule has 1 spiro atoms. The van der Waals surface area contributed by atoms with Crippen molar-refractivity contribution in [1.82, 2.24) is 25.1 Å². The van der Waals surface area contributed by atoms with Gasteiger partial charge in [-0.3, -0.25) is 9.69 Å². The summed E-state index contributed by atoms with van der Waals surface area (Å²) in [4.78, 5) is 28.5. The van der Waals surface area contributed by atoms with Crippen LogP contribution in [0.3, 0.4) is 0 Å². The van der Waals surface area contributed by atoms with E-state index >= 15 is 0 Å². The molecular formula is C34H42ClFN6O3. The van der Waals surface area contributed by atoms with Gasteiger partial charge in [-0.2, -0.15) is 0 Å². The Kier molecular flexibility index (Phi) is 8.91. The molecule has 9 nitrogen and oxygen atoms in total. The summed E-state index contributed by atoms with van der Waals surface area (Å²) in [6.45, 7) is 13.4. The Morgan fingerprint density at radius 2 is 1.93 bits per heavy atom. The van der Waals surface area contributed by atoms with Gasteiger partial charge in [-0.05, 0) is 69.4 Å². The number of hydrogen-bond acceptors (Lipinski definition) is 8. The van der Waals surface area contributed by atoms with Crippen LogP contribution < -0.4 is 19.7 Å². The molecule has 1 N–H and O–H groups in total. The second-order valence-electron chi connectivity index (χ2n) is 13.2. The fourth-order valence-corrected chi connectivity index (χ4v) is 7.28. The third kappa shape index (κ3) is 6.20. The van der Waals surface area contributed by atoms with Gasteiger partial charge in [0.15, 0.2) is 11.6 Å². The van der Waals surface area contributed by atoms with Gasteiger partial charge in [0.05, 0.1) is 11.8 Å². The van der Waals surface area contributed by atoms with Crippen molar-refractivity contribution in [3.63, 3.8) is 0 Å². The number of anilines is 1. The minimum atomic E-state index is -0.486. The Labute approximate surface area is 270 Å². The predicted octanol–water partition coefficient (Wildman–Crippen LogP) is 5.28. The van der Waals surface area contributed by atoms with Gasteiger partial charge in [0.1, 0.15) is 29.7 Å². The van der Waals surface area contributed by atoms with Crippen LogP contribution >= 0.6 is 12.4 Å². The van der Waals surface area contributed by atoms with E-state index in [2.05, 4.69) is 43.3 Å². The molecule has 0 radical (unpaired) electrons. The number of rotatable bonds is 10. The van der Waals surface area contributed by atoms with Gasteiger partial charge in [0.25, 0.3) is 5.91 Å². The maximum absolute atomic E-state index is 14.3. The first-order chi connectivity index (χ1) is 21.3. The molecule has 3 aromatic rings. The van der Waals surface area contributed by atoms with Gasteiger partial charge in [0, 0.05) is 69.4 Å². The van der Waals surface area contributed by atoms with E-state index in [1.807, 2.05) is 20.8 Å². The maximum Gasteiger partial charge on any atom is 0.257 e. The van der Waals surface area contributed by atoms with Gasteiger partial charge >= 0.3 is 0 Å². The molecule has 1 amide bonds. The normalized spacial score (nSPS) is 18.9. The van der Waals surface area contributed by atoms with Crippen molar-refractivity contribution >= 4 is 24.1 Å². The topological polar surface area (TPSA) is 83.1 Å². The highest BCUT2D eigenvalue weighted by Crippen LogP contribution is 2.52. The molecule has 2 saturated heterocycles. The molecule has 1 saturated carbocycles. The Morgan fingerprint density at radius 3 is 2.64 bits per heavy atom. The molecule has 1 aliphatic carbocycles. The monoisotopic (exact) mass is 636 g/mol. The zero-order valence-electron chi connectivity index (χ0n) is 26.2. The molecule has 3 fully saturated rings. The number of carbonyl (C=O) groups excluding carboxylic acids is 1. The number of amides is 1. The second-order valence-corrected chi connectivity index (χ2v) is 13.2. The van der Waals surface area contributed by atoms with Gasteiger partial charge in [-0.1, -0.05) is 12.1 Å². The second kappa shape index (κ2) is 12.7. The van der Waals surface area contributed by atoms with Crippen LogP contribution in [0.5, 0.6) is 17.2 Å². The summed E-state index contributed by atoms with van der Waals surface area (Å²) < 4.78 is 27.1. The molecule has 4 heterocycles. The number of aromatic nitrogens is 2. The third-order valence-electron chi connectivity index (χ3n) is 9.63. The zero-order chi connectivity index (χ0) is 30.4. The molecule has 11 heteroatoms. The quantitative estimate of drug-likeness (QED) is 0.322. The molecule has 240 valence electrons. The Hall–Kier alpha value is -3.47. The van der Waals surface area contributed by atoms with Crippen LogP contribution in [0.2, 0.25) is 0 Å². The highest BCUT2D eigenvalue weighted by Gasteiger charge is 2.54. The Balaban J connectivity index is 0.00000357. The predicted molar refractivity (Wildman–Crippen MR) is 173 cm³/mol. The van der Waals surface area contributed by atoms with E-state index in [9.17, 15) is 9.18 Å². The number of nitrogens with one attached hydrogen (secondary N) is 1. The van der Waals surface area contributed by atoms with Crippen LogP contribution in [0.4, 0.5) is 10.2 Å². The molecule has 0 bridgehead atoms. The lowest BCUT2D eigenvalue weighted by Gasteiger charge is -2.59. The van der Waals surface area contributed by atoms with E-state index in [-0.39, 0.29) is 47.2 Å². The van der Waals surface area contributed by atoms with E-state index in [0.717, 1.165) is 70.3 Å². The van der Waals surface area contributed by atoms with Crippen molar-refractivity contribution in [3.05, 3.63) is 71.4 Å². The number of nitrogens with zero attached hydrogens (tertiary/aromatic N) is 5. The zero-order valence-corrected chi connectivity index (χ0v) is 27.0. The number of hydrogen-bond donors (Lipinski definition) is 1. The van der Waals surface area contributed by atoms with Crippen LogP contribution in [0.25, 0.3) is 0 Å². The van der Waals surface area contributed by atoms with Crippen LogP contribution in [-0.4, -0.2) is 77.1 Å². The number of ether oxygens (including phenoxy) is 2. The molecule has 7 rings (SSSR count). The third-order valence-corrected chi connectivity index (χ3v) is 9.63. The van der Waals surface area contributed by atoms with Crippen LogP contribution in [-0.2, 0) is 13.1 Å². The fourth-order valence-electron chi connectivity index (χ4n) is 7.28. The molecule has 0 unspecified atom stereocenters. The van der Waals surface area contributed by atoms with Crippen molar-refractivity contribution < 1.29 is 18.7 Å². The van der Waals surface area contributed by atoms with Crippen molar-refractivity contribution in [2.75, 3.05) is 44.2 Å². The molecule has 45 heavy (non-hydrogen) atoms. The van der Waals surface area contributed by atoms with E-state index in [0.29, 0.717) is 18.1 Å². The van der Waals surface area contributed by atoms with Crippen molar-refractivity contribution in [3.8, 4) is 17.2 Å². The number of fused-ring (bicyclic) bond motifs is 1. The van der Waals surface area contributed by atoms with Gasteiger partial charge in [-0.25, -0.2) is 14.4 Å². The minimum Gasteiger partial charge on any atom is -0.490 e. The Morgan fingerprint density at radius 1 is 1.13 bits per heavy atom. The number of halogens is 2. The highest BCUT2D eigenvalue weighted by molar-refractivity contribution is 5.97. The summed E-state index contributed by atoms with van der Waals surface area (Å²) >= 11 is 0. The molecule has 4 aliphatic rings. The number of benzene rings is 2. The van der Waals surface area contributed by atoms with E-state index < -0.39 is 5.82 Å². The minimum absolute atomic E-state index is 0. The van der Waals surface area contributed by atoms with Crippen molar-refractivity contribution in [2.45, 2.75) is 58.8 Å². The van der Waals surface area contributed by atoms with Crippen LogP contribution in [0, 0.1) is 17.2 Å². The lowest BCUT2D eigenvalue weighted by molar-refractivity contribution is -0.0349.